The fourth-order valence-corrected chi connectivity index (χ4v) is 4.21. The van der Waals surface area contributed by atoms with Gasteiger partial charge in [0.2, 0.25) is 16.2 Å². The summed E-state index contributed by atoms with van der Waals surface area (Å²) in [7, 11) is 0. The number of rotatable bonds is 4. The SMILES string of the molecule is CC(=O)Nc1nnc(N2CCN(Cc3ccc4scnc4n3)CC2)s1. The Bertz CT molecular complexity index is 885. The summed E-state index contributed by atoms with van der Waals surface area (Å²) in [5, 5.41) is 12.3. The molecule has 0 bridgehead atoms. The maximum Gasteiger partial charge on any atom is 0.223 e. The molecule has 0 unspecified atom stereocenters. The van der Waals surface area contributed by atoms with E-state index in [4.69, 9.17) is 0 Å². The van der Waals surface area contributed by atoms with Gasteiger partial charge in [-0.2, -0.15) is 0 Å². The summed E-state index contributed by atoms with van der Waals surface area (Å²) in [6.07, 6.45) is 0. The summed E-state index contributed by atoms with van der Waals surface area (Å²) in [6, 6.07) is 4.17. The molecule has 1 N–H and O–H groups in total. The molecule has 0 radical (unpaired) electrons. The van der Waals surface area contributed by atoms with E-state index in [0.717, 1.165) is 53.9 Å². The Labute approximate surface area is 152 Å². The zero-order chi connectivity index (χ0) is 17.2. The molecule has 10 heteroatoms. The van der Waals surface area contributed by atoms with E-state index in [-0.39, 0.29) is 5.91 Å². The van der Waals surface area contributed by atoms with Gasteiger partial charge >= 0.3 is 0 Å². The maximum atomic E-state index is 11.1. The number of pyridine rings is 1. The number of carbonyl (C=O) groups is 1. The van der Waals surface area contributed by atoms with E-state index in [0.29, 0.717) is 5.13 Å². The number of thiazole rings is 1. The van der Waals surface area contributed by atoms with Gasteiger partial charge < -0.3 is 10.2 Å². The van der Waals surface area contributed by atoms with Crippen LogP contribution in [-0.4, -0.2) is 57.2 Å². The Morgan fingerprint density at radius 3 is 2.88 bits per heavy atom. The van der Waals surface area contributed by atoms with Crippen LogP contribution in [0.3, 0.4) is 0 Å². The Hall–Kier alpha value is -2.17. The molecule has 1 amide bonds. The molecular formula is C15H17N7OS2. The van der Waals surface area contributed by atoms with Crippen LogP contribution in [-0.2, 0) is 11.3 Å². The molecule has 3 aromatic rings. The van der Waals surface area contributed by atoms with Gasteiger partial charge in [-0.25, -0.2) is 9.97 Å². The molecule has 0 atom stereocenters. The van der Waals surface area contributed by atoms with Crippen molar-refractivity contribution in [3.63, 3.8) is 0 Å². The second-order valence-corrected chi connectivity index (χ2v) is 7.65. The first kappa shape index (κ1) is 16.3. The number of piperazine rings is 1. The van der Waals surface area contributed by atoms with Crippen LogP contribution < -0.4 is 10.2 Å². The molecule has 4 rings (SSSR count). The third-order valence-corrected chi connectivity index (χ3v) is 5.66. The van der Waals surface area contributed by atoms with Gasteiger partial charge in [0.1, 0.15) is 0 Å². The van der Waals surface area contributed by atoms with Crippen molar-refractivity contribution >= 4 is 49.2 Å². The van der Waals surface area contributed by atoms with Crippen molar-refractivity contribution < 1.29 is 4.79 Å². The average molecular weight is 375 g/mol. The maximum absolute atomic E-state index is 11.1. The van der Waals surface area contributed by atoms with Gasteiger partial charge in [-0.15, -0.1) is 21.5 Å². The van der Waals surface area contributed by atoms with Crippen LogP contribution in [0.25, 0.3) is 10.3 Å². The molecular weight excluding hydrogens is 358 g/mol. The lowest BCUT2D eigenvalue weighted by molar-refractivity contribution is -0.114. The number of aromatic nitrogens is 4. The van der Waals surface area contributed by atoms with Gasteiger partial charge in [-0.3, -0.25) is 9.69 Å². The van der Waals surface area contributed by atoms with Gasteiger partial charge in [0.25, 0.3) is 0 Å². The van der Waals surface area contributed by atoms with Gasteiger partial charge in [-0.05, 0) is 12.1 Å². The lowest BCUT2D eigenvalue weighted by atomic mass is 10.3. The number of anilines is 2. The van der Waals surface area contributed by atoms with E-state index >= 15 is 0 Å². The number of nitrogens with zero attached hydrogens (tertiary/aromatic N) is 6. The van der Waals surface area contributed by atoms with Gasteiger partial charge in [0.15, 0.2) is 5.65 Å². The second-order valence-electron chi connectivity index (χ2n) is 5.81. The van der Waals surface area contributed by atoms with Crippen LogP contribution in [0.1, 0.15) is 12.6 Å². The number of nitrogens with one attached hydrogen (secondary N) is 1. The molecule has 1 aliphatic heterocycles. The molecule has 8 nitrogen and oxygen atoms in total. The summed E-state index contributed by atoms with van der Waals surface area (Å²) in [5.74, 6) is -0.128. The Kier molecular flexibility index (Phi) is 4.55. The Morgan fingerprint density at radius 1 is 1.24 bits per heavy atom. The van der Waals surface area contributed by atoms with Gasteiger partial charge in [0.05, 0.1) is 15.9 Å². The summed E-state index contributed by atoms with van der Waals surface area (Å²) in [5.41, 5.74) is 3.72. The van der Waals surface area contributed by atoms with Crippen molar-refractivity contribution in [1.29, 1.82) is 0 Å². The van der Waals surface area contributed by atoms with Crippen LogP contribution in [0, 0.1) is 0 Å². The molecule has 0 spiro atoms. The molecule has 1 saturated heterocycles. The quantitative estimate of drug-likeness (QED) is 0.744. The number of hydrogen-bond acceptors (Lipinski definition) is 9. The largest absolute Gasteiger partial charge is 0.344 e. The lowest BCUT2D eigenvalue weighted by Crippen LogP contribution is -2.46. The van der Waals surface area contributed by atoms with E-state index in [1.165, 1.54) is 18.3 Å². The smallest absolute Gasteiger partial charge is 0.223 e. The predicted molar refractivity (Wildman–Crippen MR) is 99.1 cm³/mol. The highest BCUT2D eigenvalue weighted by Gasteiger charge is 2.21. The summed E-state index contributed by atoms with van der Waals surface area (Å²) >= 11 is 3.02. The van der Waals surface area contributed by atoms with Gasteiger partial charge in [-0.1, -0.05) is 11.3 Å². The van der Waals surface area contributed by atoms with Crippen LogP contribution in [0.2, 0.25) is 0 Å². The normalized spacial score (nSPS) is 15.6. The van der Waals surface area contributed by atoms with Crippen molar-refractivity contribution in [2.75, 3.05) is 36.4 Å². The zero-order valence-corrected chi connectivity index (χ0v) is 15.3. The van der Waals surface area contributed by atoms with Crippen LogP contribution in [0.4, 0.5) is 10.3 Å². The lowest BCUT2D eigenvalue weighted by Gasteiger charge is -2.34. The fraction of sp³-hybridized carbons (Fsp3) is 0.400. The standard InChI is InChI=1S/C15H17N7OS2/c1-10(23)17-14-19-20-15(25-14)22-6-4-21(5-7-22)8-11-2-3-12-13(18-11)16-9-24-12/h2-3,9H,4-8H2,1H3,(H,17,19,23). The van der Waals surface area contributed by atoms with Crippen LogP contribution >= 0.6 is 22.7 Å². The van der Waals surface area contributed by atoms with Crippen LogP contribution in [0.5, 0.6) is 0 Å². The molecule has 130 valence electrons. The summed E-state index contributed by atoms with van der Waals surface area (Å²) < 4.78 is 1.12. The predicted octanol–water partition coefficient (Wildman–Crippen LogP) is 1.82. The first-order chi connectivity index (χ1) is 12.2. The molecule has 4 heterocycles. The highest BCUT2D eigenvalue weighted by atomic mass is 32.1. The Morgan fingerprint density at radius 2 is 2.08 bits per heavy atom. The van der Waals surface area contributed by atoms with Crippen molar-refractivity contribution in [3.8, 4) is 0 Å². The van der Waals surface area contributed by atoms with Gasteiger partial charge in [0, 0.05) is 39.6 Å². The third-order valence-electron chi connectivity index (χ3n) is 3.98. The van der Waals surface area contributed by atoms with E-state index in [9.17, 15) is 4.79 Å². The van der Waals surface area contributed by atoms with E-state index in [1.54, 1.807) is 11.3 Å². The monoisotopic (exact) mass is 375 g/mol. The molecule has 0 aromatic carbocycles. The molecule has 0 saturated carbocycles. The van der Waals surface area contributed by atoms with Crippen molar-refractivity contribution in [2.45, 2.75) is 13.5 Å². The second kappa shape index (κ2) is 6.98. The molecule has 0 aliphatic carbocycles. The molecule has 3 aromatic heterocycles. The van der Waals surface area contributed by atoms with Crippen molar-refractivity contribution in [1.82, 2.24) is 25.1 Å². The minimum atomic E-state index is -0.128. The fourth-order valence-electron chi connectivity index (χ4n) is 2.75. The highest BCUT2D eigenvalue weighted by molar-refractivity contribution is 7.19. The number of fused-ring (bicyclic) bond motifs is 1. The topological polar surface area (TPSA) is 87.1 Å². The zero-order valence-electron chi connectivity index (χ0n) is 13.7. The van der Waals surface area contributed by atoms with Crippen LogP contribution in [0.15, 0.2) is 17.6 Å². The van der Waals surface area contributed by atoms with Crippen molar-refractivity contribution in [2.24, 2.45) is 0 Å². The number of hydrogen-bond donors (Lipinski definition) is 1. The highest BCUT2D eigenvalue weighted by Crippen LogP contribution is 2.25. The Balaban J connectivity index is 1.34. The molecule has 1 fully saturated rings. The summed E-state index contributed by atoms with van der Waals surface area (Å²) in [4.78, 5) is 24.6. The van der Waals surface area contributed by atoms with E-state index < -0.39 is 0 Å². The first-order valence-corrected chi connectivity index (χ1v) is 9.64. The average Bonchev–Trinajstić information content (AvgIpc) is 3.24. The molecule has 1 aliphatic rings. The van der Waals surface area contributed by atoms with Crippen molar-refractivity contribution in [3.05, 3.63) is 23.3 Å². The minimum absolute atomic E-state index is 0.128. The molecule has 25 heavy (non-hydrogen) atoms. The minimum Gasteiger partial charge on any atom is -0.344 e. The summed E-state index contributed by atoms with van der Waals surface area (Å²) in [6.45, 7) is 5.93. The van der Waals surface area contributed by atoms with E-state index in [2.05, 4.69) is 47.4 Å². The number of carbonyl (C=O) groups excluding carboxylic acids is 1. The van der Waals surface area contributed by atoms with E-state index in [1.807, 2.05) is 5.51 Å². The number of amides is 1. The third kappa shape index (κ3) is 3.75. The first-order valence-electron chi connectivity index (χ1n) is 7.95.